The van der Waals surface area contributed by atoms with Crippen LogP contribution in [0.4, 0.5) is 0 Å². The van der Waals surface area contributed by atoms with Crippen LogP contribution in [-0.2, 0) is 6.54 Å². The van der Waals surface area contributed by atoms with E-state index in [0.29, 0.717) is 17.8 Å². The second-order valence-electron chi connectivity index (χ2n) is 6.60. The van der Waals surface area contributed by atoms with Crippen LogP contribution in [0.3, 0.4) is 0 Å². The van der Waals surface area contributed by atoms with E-state index in [1.807, 2.05) is 53.5 Å². The molecule has 6 heteroatoms. The average molecular weight is 337 g/mol. The number of hydrogen-bond donors (Lipinski definition) is 0. The fraction of sp³-hybridized carbons (Fsp3) is 0.421. The molecule has 130 valence electrons. The molecule has 0 amide bonds. The third-order valence-electron chi connectivity index (χ3n) is 4.95. The van der Waals surface area contributed by atoms with Crippen molar-refractivity contribution in [2.45, 2.75) is 44.8 Å². The van der Waals surface area contributed by atoms with Crippen molar-refractivity contribution in [3.8, 4) is 11.5 Å². The van der Waals surface area contributed by atoms with Gasteiger partial charge in [0.1, 0.15) is 0 Å². The van der Waals surface area contributed by atoms with Gasteiger partial charge >= 0.3 is 0 Å². The molecule has 0 aliphatic carbocycles. The Balaban J connectivity index is 1.52. The van der Waals surface area contributed by atoms with Gasteiger partial charge in [-0.1, -0.05) is 24.6 Å². The summed E-state index contributed by atoms with van der Waals surface area (Å²) < 4.78 is 7.99. The number of likely N-dealkylation sites (tertiary alicyclic amines) is 1. The summed E-state index contributed by atoms with van der Waals surface area (Å²) in [6.07, 6.45) is 7.50. The minimum absolute atomic E-state index is 0.103. The number of piperidine rings is 1. The smallest absolute Gasteiger partial charge is 0.247 e. The predicted octanol–water partition coefficient (Wildman–Crippen LogP) is 3.55. The van der Waals surface area contributed by atoms with Crippen molar-refractivity contribution in [3.05, 3.63) is 54.7 Å². The molecule has 0 spiro atoms. The number of rotatable bonds is 5. The van der Waals surface area contributed by atoms with Crippen LogP contribution in [-0.4, -0.2) is 37.5 Å². The Labute approximate surface area is 147 Å². The molecule has 0 radical (unpaired) electrons. The second kappa shape index (κ2) is 7.19. The first-order valence-electron chi connectivity index (χ1n) is 8.93. The molecule has 2 aromatic heterocycles. The van der Waals surface area contributed by atoms with Crippen molar-refractivity contribution in [2.75, 3.05) is 6.54 Å². The highest BCUT2D eigenvalue weighted by Gasteiger charge is 2.30. The van der Waals surface area contributed by atoms with Crippen LogP contribution in [0.15, 0.2) is 53.2 Å². The van der Waals surface area contributed by atoms with Gasteiger partial charge in [-0.15, -0.1) is 10.2 Å². The summed E-state index contributed by atoms with van der Waals surface area (Å²) in [6.45, 7) is 4.11. The standard InChI is InChI=1S/C19H23N5O/c1-15(18-21-22-19(25-18)16-8-3-2-4-9-16)24-13-6-5-10-17(24)14-23-12-7-11-20-23/h2-4,7-9,11-12,15,17H,5-6,10,13-14H2,1H3. The molecule has 1 aromatic carbocycles. The number of nitrogens with zero attached hydrogens (tertiary/aromatic N) is 5. The molecule has 1 aliphatic heterocycles. The third kappa shape index (κ3) is 3.49. The average Bonchev–Trinajstić information content (AvgIpc) is 3.34. The SMILES string of the molecule is CC(c1nnc(-c2ccccc2)o1)N1CCCCC1Cn1cccn1. The fourth-order valence-corrected chi connectivity index (χ4v) is 3.60. The third-order valence-corrected chi connectivity index (χ3v) is 4.95. The van der Waals surface area contributed by atoms with Crippen LogP contribution < -0.4 is 0 Å². The van der Waals surface area contributed by atoms with Crippen molar-refractivity contribution in [1.29, 1.82) is 0 Å². The molecule has 0 N–H and O–H groups in total. The summed E-state index contributed by atoms with van der Waals surface area (Å²) in [5.74, 6) is 1.27. The summed E-state index contributed by atoms with van der Waals surface area (Å²) >= 11 is 0. The quantitative estimate of drug-likeness (QED) is 0.712. The Morgan fingerprint density at radius 3 is 2.84 bits per heavy atom. The van der Waals surface area contributed by atoms with Crippen molar-refractivity contribution in [3.63, 3.8) is 0 Å². The normalized spacial score (nSPS) is 19.8. The van der Waals surface area contributed by atoms with Crippen LogP contribution >= 0.6 is 0 Å². The number of aromatic nitrogens is 4. The summed E-state index contributed by atoms with van der Waals surface area (Å²) in [4.78, 5) is 2.48. The van der Waals surface area contributed by atoms with Gasteiger partial charge in [-0.25, -0.2) is 0 Å². The molecule has 3 heterocycles. The highest BCUT2D eigenvalue weighted by molar-refractivity contribution is 5.51. The van der Waals surface area contributed by atoms with Gasteiger partial charge in [0.25, 0.3) is 0 Å². The maximum Gasteiger partial charge on any atom is 0.247 e. The van der Waals surface area contributed by atoms with E-state index >= 15 is 0 Å². The van der Waals surface area contributed by atoms with Crippen molar-refractivity contribution < 1.29 is 4.42 Å². The van der Waals surface area contributed by atoms with E-state index in [1.54, 1.807) is 0 Å². The zero-order valence-corrected chi connectivity index (χ0v) is 14.5. The minimum atomic E-state index is 0.103. The van der Waals surface area contributed by atoms with Gasteiger partial charge in [0, 0.05) is 24.0 Å². The molecule has 2 unspecified atom stereocenters. The lowest BCUT2D eigenvalue weighted by Gasteiger charge is -2.38. The monoisotopic (exact) mass is 337 g/mol. The molecule has 0 saturated carbocycles. The molecule has 2 atom stereocenters. The lowest BCUT2D eigenvalue weighted by Crippen LogP contribution is -2.43. The van der Waals surface area contributed by atoms with E-state index in [1.165, 1.54) is 19.3 Å². The van der Waals surface area contributed by atoms with Crippen LogP contribution in [0.1, 0.15) is 38.1 Å². The van der Waals surface area contributed by atoms with Gasteiger partial charge < -0.3 is 4.42 Å². The van der Waals surface area contributed by atoms with Crippen LogP contribution in [0.2, 0.25) is 0 Å². The van der Waals surface area contributed by atoms with Crippen LogP contribution in [0, 0.1) is 0 Å². The van der Waals surface area contributed by atoms with Gasteiger partial charge in [-0.2, -0.15) is 5.10 Å². The van der Waals surface area contributed by atoms with E-state index in [-0.39, 0.29) is 6.04 Å². The molecular weight excluding hydrogens is 314 g/mol. The van der Waals surface area contributed by atoms with E-state index in [0.717, 1.165) is 18.7 Å². The van der Waals surface area contributed by atoms with Gasteiger partial charge in [0.2, 0.25) is 11.8 Å². The topological polar surface area (TPSA) is 60.0 Å². The molecule has 4 rings (SSSR count). The molecule has 1 fully saturated rings. The summed E-state index contributed by atoms with van der Waals surface area (Å²) in [7, 11) is 0. The van der Waals surface area contributed by atoms with Gasteiger partial charge in [-0.3, -0.25) is 9.58 Å². The Morgan fingerprint density at radius 1 is 1.16 bits per heavy atom. The highest BCUT2D eigenvalue weighted by Crippen LogP contribution is 2.30. The van der Waals surface area contributed by atoms with E-state index < -0.39 is 0 Å². The molecule has 0 bridgehead atoms. The maximum atomic E-state index is 5.98. The summed E-state index contributed by atoms with van der Waals surface area (Å²) in [5, 5.41) is 12.9. The molecule has 6 nitrogen and oxygen atoms in total. The van der Waals surface area contributed by atoms with Crippen molar-refractivity contribution in [2.24, 2.45) is 0 Å². The zero-order valence-electron chi connectivity index (χ0n) is 14.5. The first-order valence-corrected chi connectivity index (χ1v) is 8.93. The van der Waals surface area contributed by atoms with Crippen LogP contribution in [0.25, 0.3) is 11.5 Å². The predicted molar refractivity (Wildman–Crippen MR) is 94.7 cm³/mol. The van der Waals surface area contributed by atoms with E-state index in [2.05, 4.69) is 27.1 Å². The maximum absolute atomic E-state index is 5.98. The highest BCUT2D eigenvalue weighted by atomic mass is 16.4. The minimum Gasteiger partial charge on any atom is -0.419 e. The van der Waals surface area contributed by atoms with Gasteiger partial charge in [0.15, 0.2) is 0 Å². The number of hydrogen-bond acceptors (Lipinski definition) is 5. The molecule has 3 aromatic rings. The van der Waals surface area contributed by atoms with Crippen molar-refractivity contribution >= 4 is 0 Å². The zero-order chi connectivity index (χ0) is 17.1. The van der Waals surface area contributed by atoms with E-state index in [4.69, 9.17) is 4.42 Å². The first-order chi connectivity index (χ1) is 12.3. The van der Waals surface area contributed by atoms with Gasteiger partial charge in [-0.05, 0) is 44.5 Å². The summed E-state index contributed by atoms with van der Waals surface area (Å²) in [6, 6.07) is 12.4. The Morgan fingerprint density at radius 2 is 2.04 bits per heavy atom. The lowest BCUT2D eigenvalue weighted by atomic mass is 10.00. The molecular formula is C19H23N5O. The largest absolute Gasteiger partial charge is 0.419 e. The molecule has 1 saturated heterocycles. The van der Waals surface area contributed by atoms with Crippen LogP contribution in [0.5, 0.6) is 0 Å². The van der Waals surface area contributed by atoms with Crippen molar-refractivity contribution in [1.82, 2.24) is 24.9 Å². The second-order valence-corrected chi connectivity index (χ2v) is 6.60. The Bertz CT molecular complexity index is 783. The molecule has 1 aliphatic rings. The molecule has 25 heavy (non-hydrogen) atoms. The lowest BCUT2D eigenvalue weighted by molar-refractivity contribution is 0.0755. The Kier molecular flexibility index (Phi) is 4.61. The van der Waals surface area contributed by atoms with Gasteiger partial charge in [0.05, 0.1) is 12.6 Å². The first kappa shape index (κ1) is 16.0. The number of benzene rings is 1. The Hall–Kier alpha value is -2.47. The summed E-state index contributed by atoms with van der Waals surface area (Å²) in [5.41, 5.74) is 0.959. The fourth-order valence-electron chi connectivity index (χ4n) is 3.60. The van der Waals surface area contributed by atoms with E-state index in [9.17, 15) is 0 Å².